The highest BCUT2D eigenvalue weighted by atomic mass is 16.5. The standard InChI is InChI=1S/C14H23NO2/c1-11(2)17-14-7-5-6-13(10-14)12(3)15-8-9-16-4/h5-7,10-12,15H,8-9H2,1-4H3. The van der Waals surface area contributed by atoms with Crippen LogP contribution in [0.15, 0.2) is 24.3 Å². The summed E-state index contributed by atoms with van der Waals surface area (Å²) < 4.78 is 10.7. The van der Waals surface area contributed by atoms with Gasteiger partial charge < -0.3 is 14.8 Å². The molecule has 0 fully saturated rings. The van der Waals surface area contributed by atoms with Gasteiger partial charge in [0.1, 0.15) is 5.75 Å². The van der Waals surface area contributed by atoms with Crippen LogP contribution >= 0.6 is 0 Å². The third-order valence-corrected chi connectivity index (χ3v) is 2.49. The first-order valence-electron chi connectivity index (χ1n) is 6.12. The van der Waals surface area contributed by atoms with Crippen LogP contribution in [-0.4, -0.2) is 26.4 Å². The van der Waals surface area contributed by atoms with Gasteiger partial charge in [-0.2, -0.15) is 0 Å². The van der Waals surface area contributed by atoms with E-state index in [1.165, 1.54) is 5.56 Å². The lowest BCUT2D eigenvalue weighted by Gasteiger charge is -2.16. The lowest BCUT2D eigenvalue weighted by molar-refractivity contribution is 0.196. The Balaban J connectivity index is 2.57. The molecule has 1 atom stereocenters. The van der Waals surface area contributed by atoms with Crippen LogP contribution in [0.1, 0.15) is 32.4 Å². The fraction of sp³-hybridized carbons (Fsp3) is 0.571. The van der Waals surface area contributed by atoms with Crippen molar-refractivity contribution in [1.29, 1.82) is 0 Å². The van der Waals surface area contributed by atoms with Crippen molar-refractivity contribution >= 4 is 0 Å². The number of methoxy groups -OCH3 is 1. The van der Waals surface area contributed by atoms with Crippen molar-refractivity contribution in [3.63, 3.8) is 0 Å². The highest BCUT2D eigenvalue weighted by molar-refractivity contribution is 5.30. The molecule has 17 heavy (non-hydrogen) atoms. The van der Waals surface area contributed by atoms with Crippen LogP contribution < -0.4 is 10.1 Å². The Morgan fingerprint density at radius 2 is 2.00 bits per heavy atom. The fourth-order valence-corrected chi connectivity index (χ4v) is 1.62. The maximum Gasteiger partial charge on any atom is 0.120 e. The predicted molar refractivity (Wildman–Crippen MR) is 70.5 cm³/mol. The highest BCUT2D eigenvalue weighted by Gasteiger charge is 2.06. The molecule has 0 bridgehead atoms. The van der Waals surface area contributed by atoms with Crippen LogP contribution in [-0.2, 0) is 4.74 Å². The van der Waals surface area contributed by atoms with Crippen molar-refractivity contribution in [3.05, 3.63) is 29.8 Å². The van der Waals surface area contributed by atoms with Crippen LogP contribution in [0.3, 0.4) is 0 Å². The first kappa shape index (κ1) is 14.0. The molecule has 0 amide bonds. The number of nitrogens with one attached hydrogen (secondary N) is 1. The zero-order valence-corrected chi connectivity index (χ0v) is 11.2. The maximum absolute atomic E-state index is 5.68. The maximum atomic E-state index is 5.68. The van der Waals surface area contributed by atoms with Crippen LogP contribution in [0, 0.1) is 0 Å². The number of hydrogen-bond acceptors (Lipinski definition) is 3. The van der Waals surface area contributed by atoms with Crippen LogP contribution in [0.2, 0.25) is 0 Å². The van der Waals surface area contributed by atoms with Crippen molar-refractivity contribution < 1.29 is 9.47 Å². The largest absolute Gasteiger partial charge is 0.491 e. The lowest BCUT2D eigenvalue weighted by atomic mass is 10.1. The Hall–Kier alpha value is -1.06. The Morgan fingerprint density at radius 3 is 2.65 bits per heavy atom. The molecular formula is C14H23NO2. The van der Waals surface area contributed by atoms with Crippen molar-refractivity contribution in [3.8, 4) is 5.75 Å². The molecule has 0 saturated heterocycles. The van der Waals surface area contributed by atoms with Crippen LogP contribution in [0.25, 0.3) is 0 Å². The third-order valence-electron chi connectivity index (χ3n) is 2.49. The predicted octanol–water partition coefficient (Wildman–Crippen LogP) is 2.77. The average Bonchev–Trinajstić information content (AvgIpc) is 2.28. The van der Waals surface area contributed by atoms with Gasteiger partial charge in [-0.1, -0.05) is 12.1 Å². The monoisotopic (exact) mass is 237 g/mol. The van der Waals surface area contributed by atoms with Crippen molar-refractivity contribution in [2.75, 3.05) is 20.3 Å². The van der Waals surface area contributed by atoms with Gasteiger partial charge in [0, 0.05) is 19.7 Å². The smallest absolute Gasteiger partial charge is 0.120 e. The SMILES string of the molecule is COCCNC(C)c1cccc(OC(C)C)c1. The topological polar surface area (TPSA) is 30.5 Å². The molecule has 96 valence electrons. The quantitative estimate of drug-likeness (QED) is 0.740. The summed E-state index contributed by atoms with van der Waals surface area (Å²) in [5.74, 6) is 0.929. The summed E-state index contributed by atoms with van der Waals surface area (Å²) in [7, 11) is 1.71. The molecular weight excluding hydrogens is 214 g/mol. The molecule has 3 nitrogen and oxygen atoms in total. The summed E-state index contributed by atoms with van der Waals surface area (Å²) in [5.41, 5.74) is 1.24. The van der Waals surface area contributed by atoms with E-state index in [1.54, 1.807) is 7.11 Å². The third kappa shape index (κ3) is 5.20. The minimum absolute atomic E-state index is 0.210. The Morgan fingerprint density at radius 1 is 1.24 bits per heavy atom. The molecule has 0 radical (unpaired) electrons. The number of rotatable bonds is 7. The molecule has 3 heteroatoms. The zero-order valence-electron chi connectivity index (χ0n) is 11.2. The van der Waals surface area contributed by atoms with E-state index in [-0.39, 0.29) is 6.10 Å². The summed E-state index contributed by atoms with van der Waals surface area (Å²) in [6, 6.07) is 8.52. The summed E-state index contributed by atoms with van der Waals surface area (Å²) >= 11 is 0. The van der Waals surface area contributed by atoms with E-state index >= 15 is 0 Å². The van der Waals surface area contributed by atoms with E-state index in [1.807, 2.05) is 26.0 Å². The van der Waals surface area contributed by atoms with Gasteiger partial charge >= 0.3 is 0 Å². The first-order chi connectivity index (χ1) is 8.13. The fourth-order valence-electron chi connectivity index (χ4n) is 1.62. The Kier molecular flexibility index (Phi) is 6.01. The first-order valence-corrected chi connectivity index (χ1v) is 6.12. The van der Waals surface area contributed by atoms with E-state index in [0.717, 1.165) is 18.9 Å². The van der Waals surface area contributed by atoms with Crippen LogP contribution in [0.4, 0.5) is 0 Å². The van der Waals surface area contributed by atoms with Gasteiger partial charge in [0.2, 0.25) is 0 Å². The molecule has 0 aliphatic rings. The molecule has 1 aromatic rings. The van der Waals surface area contributed by atoms with Gasteiger partial charge in [-0.05, 0) is 38.5 Å². The van der Waals surface area contributed by atoms with E-state index in [4.69, 9.17) is 9.47 Å². The minimum atomic E-state index is 0.210. The molecule has 0 aliphatic heterocycles. The zero-order chi connectivity index (χ0) is 12.7. The summed E-state index contributed by atoms with van der Waals surface area (Å²) in [6.45, 7) is 7.80. The summed E-state index contributed by atoms with van der Waals surface area (Å²) in [5, 5.41) is 3.40. The molecule has 1 N–H and O–H groups in total. The Labute approximate surface area is 104 Å². The molecule has 0 saturated carbocycles. The van der Waals surface area contributed by atoms with Crippen molar-refractivity contribution in [2.24, 2.45) is 0 Å². The van der Waals surface area contributed by atoms with Gasteiger partial charge in [0.15, 0.2) is 0 Å². The van der Waals surface area contributed by atoms with Gasteiger partial charge in [-0.25, -0.2) is 0 Å². The number of hydrogen-bond donors (Lipinski definition) is 1. The highest BCUT2D eigenvalue weighted by Crippen LogP contribution is 2.19. The molecule has 1 rings (SSSR count). The van der Waals surface area contributed by atoms with Gasteiger partial charge in [0.05, 0.1) is 12.7 Å². The van der Waals surface area contributed by atoms with Crippen LogP contribution in [0.5, 0.6) is 5.75 Å². The molecule has 0 aromatic heterocycles. The second kappa shape index (κ2) is 7.30. The van der Waals surface area contributed by atoms with Crippen molar-refractivity contribution in [2.45, 2.75) is 32.9 Å². The van der Waals surface area contributed by atoms with Gasteiger partial charge in [-0.3, -0.25) is 0 Å². The molecule has 0 spiro atoms. The van der Waals surface area contributed by atoms with E-state index in [0.29, 0.717) is 6.04 Å². The molecule has 0 heterocycles. The minimum Gasteiger partial charge on any atom is -0.491 e. The number of benzene rings is 1. The second-order valence-electron chi connectivity index (χ2n) is 4.41. The van der Waals surface area contributed by atoms with E-state index in [2.05, 4.69) is 24.4 Å². The Bertz CT molecular complexity index is 326. The molecule has 1 unspecified atom stereocenters. The lowest BCUT2D eigenvalue weighted by Crippen LogP contribution is -2.22. The molecule has 1 aromatic carbocycles. The van der Waals surface area contributed by atoms with Gasteiger partial charge in [-0.15, -0.1) is 0 Å². The molecule has 0 aliphatic carbocycles. The second-order valence-corrected chi connectivity index (χ2v) is 4.41. The van der Waals surface area contributed by atoms with E-state index in [9.17, 15) is 0 Å². The summed E-state index contributed by atoms with van der Waals surface area (Å²) in [6.07, 6.45) is 0.210. The van der Waals surface area contributed by atoms with E-state index < -0.39 is 0 Å². The summed E-state index contributed by atoms with van der Waals surface area (Å²) in [4.78, 5) is 0. The number of ether oxygens (including phenoxy) is 2. The van der Waals surface area contributed by atoms with Crippen molar-refractivity contribution in [1.82, 2.24) is 5.32 Å². The van der Waals surface area contributed by atoms with Gasteiger partial charge in [0.25, 0.3) is 0 Å². The average molecular weight is 237 g/mol. The normalized spacial score (nSPS) is 12.8.